The molecule has 0 unspecified atom stereocenters. The zero-order valence-corrected chi connectivity index (χ0v) is 6.95. The Balaban J connectivity index is 2.77. The minimum atomic E-state index is -0.236. The summed E-state index contributed by atoms with van der Waals surface area (Å²) >= 11 is 1.69. The molecule has 4 nitrogen and oxygen atoms in total. The van der Waals surface area contributed by atoms with Gasteiger partial charge >= 0.3 is 6.03 Å². The van der Waals surface area contributed by atoms with Crippen LogP contribution in [0.25, 0.3) is 0 Å². The van der Waals surface area contributed by atoms with Crippen LogP contribution in [0.2, 0.25) is 0 Å². The number of amides is 3. The van der Waals surface area contributed by atoms with Gasteiger partial charge in [0.1, 0.15) is 0 Å². The lowest BCUT2D eigenvalue weighted by atomic mass is 10.3. The topological polar surface area (TPSA) is 40.6 Å². The molecule has 0 aromatic rings. The minimum absolute atomic E-state index is 0.150. The molecular formula is C3H4BIN2O2. The average molecular weight is 238 g/mol. The maximum Gasteiger partial charge on any atom is 0.323 e. The summed E-state index contributed by atoms with van der Waals surface area (Å²) in [5, 5.41) is 0. The lowest BCUT2D eigenvalue weighted by Crippen LogP contribution is -2.23. The predicted molar refractivity (Wildman–Crippen MR) is 41.5 cm³/mol. The summed E-state index contributed by atoms with van der Waals surface area (Å²) in [6, 6.07) is -0.236. The lowest BCUT2D eigenvalue weighted by Gasteiger charge is -2.04. The molecular weight excluding hydrogens is 234 g/mol. The quantitative estimate of drug-likeness (QED) is 0.238. The van der Waals surface area contributed by atoms with E-state index in [4.69, 9.17) is 0 Å². The molecule has 1 fully saturated rings. The van der Waals surface area contributed by atoms with Crippen LogP contribution in [0.1, 0.15) is 0 Å². The Morgan fingerprint density at radius 3 is 2.22 bits per heavy atom. The highest BCUT2D eigenvalue weighted by atomic mass is 127. The smallest absolute Gasteiger partial charge is 0.323 e. The zero-order valence-electron chi connectivity index (χ0n) is 4.80. The maximum absolute atomic E-state index is 10.7. The van der Waals surface area contributed by atoms with E-state index in [1.165, 1.54) is 4.81 Å². The van der Waals surface area contributed by atoms with Gasteiger partial charge in [0.25, 0.3) is 5.91 Å². The average Bonchev–Trinajstić information content (AvgIpc) is 1.98. The van der Waals surface area contributed by atoms with Crippen LogP contribution in [0.4, 0.5) is 4.79 Å². The largest absolute Gasteiger partial charge is 0.367 e. The first kappa shape index (κ1) is 6.85. The van der Waals surface area contributed by atoms with E-state index in [0.717, 1.165) is 3.11 Å². The highest BCUT2D eigenvalue weighted by Gasteiger charge is 2.30. The van der Waals surface area contributed by atoms with Gasteiger partial charge in [-0.1, -0.05) is 0 Å². The van der Waals surface area contributed by atoms with Crippen LogP contribution in [0, 0.1) is 0 Å². The Kier molecular flexibility index (Phi) is 1.65. The first-order valence-corrected chi connectivity index (χ1v) is 3.33. The van der Waals surface area contributed by atoms with Crippen molar-refractivity contribution in [3.63, 3.8) is 0 Å². The summed E-state index contributed by atoms with van der Waals surface area (Å²) < 4.78 is 1.08. The van der Waals surface area contributed by atoms with Crippen LogP contribution in [0.5, 0.6) is 0 Å². The van der Waals surface area contributed by atoms with Crippen molar-refractivity contribution in [3.8, 4) is 0 Å². The van der Waals surface area contributed by atoms with Gasteiger partial charge in [-0.05, 0) is 0 Å². The van der Waals surface area contributed by atoms with Crippen molar-refractivity contribution in [1.82, 2.24) is 7.92 Å². The molecule has 1 saturated heterocycles. The molecule has 48 valence electrons. The first-order chi connectivity index (χ1) is 4.13. The maximum atomic E-state index is 10.7. The van der Waals surface area contributed by atoms with Crippen LogP contribution in [-0.4, -0.2) is 34.4 Å². The summed E-state index contributed by atoms with van der Waals surface area (Å²) in [4.78, 5) is 22.8. The normalized spacial score (nSPS) is 19.7. The molecule has 0 spiro atoms. The molecule has 1 aliphatic rings. The summed E-state index contributed by atoms with van der Waals surface area (Å²) in [6.07, 6.45) is 0. The van der Waals surface area contributed by atoms with Crippen molar-refractivity contribution >= 4 is 42.8 Å². The molecule has 6 heteroatoms. The first-order valence-electron chi connectivity index (χ1n) is 2.37. The molecule has 0 aromatic carbocycles. The number of urea groups is 1. The third kappa shape index (κ3) is 1.03. The number of imide groups is 1. The van der Waals surface area contributed by atoms with Crippen LogP contribution in [0.15, 0.2) is 0 Å². The third-order valence-electron chi connectivity index (χ3n) is 1.09. The SMILES string of the molecule is BN1CC(=O)N(I)C1=O. The second-order valence-corrected chi connectivity index (χ2v) is 2.78. The van der Waals surface area contributed by atoms with E-state index < -0.39 is 0 Å². The van der Waals surface area contributed by atoms with Crippen LogP contribution < -0.4 is 0 Å². The molecule has 0 saturated carbocycles. The van der Waals surface area contributed by atoms with Gasteiger partial charge in [0.15, 0.2) is 0 Å². The van der Waals surface area contributed by atoms with Gasteiger partial charge in [-0.15, -0.1) is 0 Å². The van der Waals surface area contributed by atoms with Gasteiger partial charge in [0.2, 0.25) is 7.98 Å². The molecule has 1 rings (SSSR count). The number of hydrogen-bond donors (Lipinski definition) is 0. The fourth-order valence-corrected chi connectivity index (χ4v) is 1.11. The van der Waals surface area contributed by atoms with E-state index in [9.17, 15) is 9.59 Å². The van der Waals surface area contributed by atoms with Crippen molar-refractivity contribution in [1.29, 1.82) is 0 Å². The van der Waals surface area contributed by atoms with E-state index >= 15 is 0 Å². The van der Waals surface area contributed by atoms with E-state index in [-0.39, 0.29) is 18.5 Å². The second kappa shape index (κ2) is 2.16. The Hall–Kier alpha value is -0.265. The molecule has 0 atom stereocenters. The van der Waals surface area contributed by atoms with Crippen molar-refractivity contribution < 1.29 is 9.59 Å². The Morgan fingerprint density at radius 1 is 1.56 bits per heavy atom. The van der Waals surface area contributed by atoms with E-state index in [1.807, 2.05) is 0 Å². The van der Waals surface area contributed by atoms with E-state index in [1.54, 1.807) is 30.8 Å². The number of rotatable bonds is 0. The molecule has 9 heavy (non-hydrogen) atoms. The summed E-state index contributed by atoms with van der Waals surface area (Å²) in [5.41, 5.74) is 0. The predicted octanol–water partition coefficient (Wildman–Crippen LogP) is -0.851. The van der Waals surface area contributed by atoms with Crippen LogP contribution in [0.3, 0.4) is 0 Å². The molecule has 0 aliphatic carbocycles. The lowest BCUT2D eigenvalue weighted by molar-refractivity contribution is -0.121. The number of carbonyl (C=O) groups excluding carboxylic acids is 2. The molecule has 3 amide bonds. The van der Waals surface area contributed by atoms with Crippen molar-refractivity contribution in [2.75, 3.05) is 6.54 Å². The van der Waals surface area contributed by atoms with Gasteiger partial charge in [0, 0.05) is 0 Å². The van der Waals surface area contributed by atoms with Gasteiger partial charge in [-0.25, -0.2) is 7.91 Å². The Bertz CT molecular complexity index is 173. The summed E-state index contributed by atoms with van der Waals surface area (Å²) in [5.74, 6) is -0.150. The van der Waals surface area contributed by atoms with E-state index in [0.29, 0.717) is 0 Å². The third-order valence-corrected chi connectivity index (χ3v) is 2.04. The number of nitrogens with zero attached hydrogens (tertiary/aromatic N) is 2. The molecule has 1 heterocycles. The number of halogens is 1. The van der Waals surface area contributed by atoms with Gasteiger partial charge in [-0.3, -0.25) is 4.79 Å². The molecule has 0 radical (unpaired) electrons. The molecule has 0 N–H and O–H groups in total. The number of carbonyl (C=O) groups is 2. The fourth-order valence-electron chi connectivity index (χ4n) is 0.589. The van der Waals surface area contributed by atoms with Gasteiger partial charge in [-0.2, -0.15) is 0 Å². The monoisotopic (exact) mass is 238 g/mol. The fraction of sp³-hybridized carbons (Fsp3) is 0.333. The van der Waals surface area contributed by atoms with Gasteiger partial charge in [0.05, 0.1) is 29.4 Å². The van der Waals surface area contributed by atoms with Crippen LogP contribution >= 0.6 is 22.9 Å². The standard InChI is InChI=1S/C3H4BIN2O2/c4-6-1-2(8)7(5)3(6)9/h1,4H2. The molecule has 0 bridgehead atoms. The number of hydrogen-bond acceptors (Lipinski definition) is 2. The summed E-state index contributed by atoms with van der Waals surface area (Å²) in [6.45, 7) is 0.210. The Labute approximate surface area is 67.1 Å². The molecule has 0 aromatic heterocycles. The second-order valence-electron chi connectivity index (χ2n) is 1.81. The highest BCUT2D eigenvalue weighted by molar-refractivity contribution is 14.1. The molecule has 1 aliphatic heterocycles. The van der Waals surface area contributed by atoms with Crippen molar-refractivity contribution in [2.24, 2.45) is 0 Å². The minimum Gasteiger partial charge on any atom is -0.367 e. The van der Waals surface area contributed by atoms with Crippen molar-refractivity contribution in [2.45, 2.75) is 0 Å². The summed E-state index contributed by atoms with van der Waals surface area (Å²) in [7, 11) is 1.60. The van der Waals surface area contributed by atoms with Crippen molar-refractivity contribution in [3.05, 3.63) is 0 Å². The Morgan fingerprint density at radius 2 is 2.11 bits per heavy atom. The van der Waals surface area contributed by atoms with Crippen LogP contribution in [-0.2, 0) is 4.79 Å². The highest BCUT2D eigenvalue weighted by Crippen LogP contribution is 2.11. The zero-order chi connectivity index (χ0) is 7.02. The van der Waals surface area contributed by atoms with Gasteiger partial charge < -0.3 is 4.81 Å². The van der Waals surface area contributed by atoms with E-state index in [2.05, 4.69) is 0 Å².